The fourth-order valence-electron chi connectivity index (χ4n) is 3.34. The summed E-state index contributed by atoms with van der Waals surface area (Å²) < 4.78 is 10.7. The van der Waals surface area contributed by atoms with Crippen molar-refractivity contribution < 1.29 is 14.3 Å². The number of carbonyl (C=O) groups excluding carboxylic acids is 1. The molecule has 0 aliphatic heterocycles. The number of carbonyl (C=O) groups is 1. The highest BCUT2D eigenvalue weighted by atomic mass is 32.1. The molecule has 0 aliphatic carbocycles. The second kappa shape index (κ2) is 10.3. The molecule has 0 fully saturated rings. The van der Waals surface area contributed by atoms with E-state index in [0.717, 1.165) is 16.9 Å². The SMILES string of the molecule is COc1ccc(OC)c([C@@H](C)NC(=O)CN[C@H](c2ccc(C)cc2)c2cccs2)c1. The largest absolute Gasteiger partial charge is 0.497 e. The number of aryl methyl sites for hydroxylation is 1. The van der Waals surface area contributed by atoms with Gasteiger partial charge in [0.15, 0.2) is 0 Å². The van der Waals surface area contributed by atoms with Crippen LogP contribution < -0.4 is 20.1 Å². The molecule has 0 radical (unpaired) electrons. The molecule has 0 saturated heterocycles. The maximum Gasteiger partial charge on any atom is 0.234 e. The Morgan fingerprint density at radius 3 is 2.47 bits per heavy atom. The zero-order valence-electron chi connectivity index (χ0n) is 17.8. The Morgan fingerprint density at radius 1 is 1.07 bits per heavy atom. The molecule has 1 heterocycles. The molecule has 3 rings (SSSR count). The van der Waals surface area contributed by atoms with E-state index >= 15 is 0 Å². The van der Waals surface area contributed by atoms with Crippen LogP contribution >= 0.6 is 11.3 Å². The second-order valence-electron chi connectivity index (χ2n) is 7.14. The number of methoxy groups -OCH3 is 2. The normalized spacial score (nSPS) is 12.8. The number of thiophene rings is 1. The molecular formula is C24H28N2O3S. The summed E-state index contributed by atoms with van der Waals surface area (Å²) in [4.78, 5) is 13.9. The number of amides is 1. The molecular weight excluding hydrogens is 396 g/mol. The molecule has 5 nitrogen and oxygen atoms in total. The fourth-order valence-corrected chi connectivity index (χ4v) is 4.17. The quantitative estimate of drug-likeness (QED) is 0.526. The van der Waals surface area contributed by atoms with E-state index in [-0.39, 0.29) is 24.5 Å². The maximum atomic E-state index is 12.7. The molecule has 30 heavy (non-hydrogen) atoms. The molecule has 1 amide bonds. The van der Waals surface area contributed by atoms with Crippen LogP contribution in [0.25, 0.3) is 0 Å². The highest BCUT2D eigenvalue weighted by Gasteiger charge is 2.19. The lowest BCUT2D eigenvalue weighted by Gasteiger charge is -2.21. The summed E-state index contributed by atoms with van der Waals surface area (Å²) >= 11 is 1.68. The van der Waals surface area contributed by atoms with E-state index in [4.69, 9.17) is 9.47 Å². The van der Waals surface area contributed by atoms with Crippen molar-refractivity contribution in [2.75, 3.05) is 20.8 Å². The van der Waals surface area contributed by atoms with Crippen LogP contribution in [0.3, 0.4) is 0 Å². The molecule has 0 unspecified atom stereocenters. The van der Waals surface area contributed by atoms with E-state index in [1.54, 1.807) is 25.6 Å². The molecule has 0 saturated carbocycles. The summed E-state index contributed by atoms with van der Waals surface area (Å²) in [5.74, 6) is 1.36. The van der Waals surface area contributed by atoms with Crippen molar-refractivity contribution in [2.24, 2.45) is 0 Å². The Bertz CT molecular complexity index is 955. The standard InChI is InChI=1S/C24H28N2O3S/c1-16-7-9-18(10-8-16)24(22-6-5-13-30-22)25-15-23(27)26-17(2)20-14-19(28-3)11-12-21(20)29-4/h5-14,17,24-25H,15H2,1-4H3,(H,26,27)/t17-,24-/m1/s1. The molecule has 6 heteroatoms. The van der Waals surface area contributed by atoms with Crippen molar-refractivity contribution >= 4 is 17.2 Å². The predicted molar refractivity (Wildman–Crippen MR) is 121 cm³/mol. The summed E-state index contributed by atoms with van der Waals surface area (Å²) in [6, 6.07) is 17.8. The first-order valence-electron chi connectivity index (χ1n) is 9.86. The fraction of sp³-hybridized carbons (Fsp3) is 0.292. The van der Waals surface area contributed by atoms with Gasteiger partial charge in [-0.25, -0.2) is 0 Å². The van der Waals surface area contributed by atoms with Crippen molar-refractivity contribution in [3.63, 3.8) is 0 Å². The lowest BCUT2D eigenvalue weighted by molar-refractivity contribution is -0.121. The van der Waals surface area contributed by atoms with Crippen LogP contribution in [-0.4, -0.2) is 26.7 Å². The molecule has 158 valence electrons. The third-order valence-corrected chi connectivity index (χ3v) is 5.92. The van der Waals surface area contributed by atoms with E-state index < -0.39 is 0 Å². The minimum absolute atomic E-state index is 0.0296. The molecule has 3 aromatic rings. The number of benzene rings is 2. The Hall–Kier alpha value is -2.83. The first-order valence-corrected chi connectivity index (χ1v) is 10.7. The van der Waals surface area contributed by atoms with Gasteiger partial charge in [-0.3, -0.25) is 10.1 Å². The first kappa shape index (κ1) is 21.9. The van der Waals surface area contributed by atoms with E-state index in [9.17, 15) is 4.79 Å². The third-order valence-electron chi connectivity index (χ3n) is 4.99. The van der Waals surface area contributed by atoms with Gasteiger partial charge in [0, 0.05) is 10.4 Å². The summed E-state index contributed by atoms with van der Waals surface area (Å²) in [7, 11) is 3.24. The summed E-state index contributed by atoms with van der Waals surface area (Å²) in [5.41, 5.74) is 3.22. The van der Waals surface area contributed by atoms with Gasteiger partial charge in [0.2, 0.25) is 5.91 Å². The van der Waals surface area contributed by atoms with E-state index in [0.29, 0.717) is 5.75 Å². The molecule has 0 spiro atoms. The van der Waals surface area contributed by atoms with Gasteiger partial charge in [-0.2, -0.15) is 0 Å². The van der Waals surface area contributed by atoms with Crippen LogP contribution in [-0.2, 0) is 4.79 Å². The summed E-state index contributed by atoms with van der Waals surface area (Å²) in [6.45, 7) is 4.21. The van der Waals surface area contributed by atoms with Crippen molar-refractivity contribution in [1.29, 1.82) is 0 Å². The summed E-state index contributed by atoms with van der Waals surface area (Å²) in [5, 5.41) is 8.51. The number of ether oxygens (including phenoxy) is 2. The van der Waals surface area contributed by atoms with Gasteiger partial charge >= 0.3 is 0 Å². The van der Waals surface area contributed by atoms with Gasteiger partial charge in [-0.1, -0.05) is 35.9 Å². The van der Waals surface area contributed by atoms with Crippen molar-refractivity contribution in [3.05, 3.63) is 81.5 Å². The first-order chi connectivity index (χ1) is 14.5. The molecule has 0 aliphatic rings. The average Bonchev–Trinajstić information content (AvgIpc) is 3.29. The molecule has 1 aromatic heterocycles. The number of hydrogen-bond acceptors (Lipinski definition) is 5. The third kappa shape index (κ3) is 5.40. The van der Waals surface area contributed by atoms with Gasteiger partial charge < -0.3 is 14.8 Å². The van der Waals surface area contributed by atoms with Crippen LogP contribution in [0.4, 0.5) is 0 Å². The van der Waals surface area contributed by atoms with Crippen LogP contribution in [0.1, 0.15) is 40.6 Å². The van der Waals surface area contributed by atoms with Crippen molar-refractivity contribution in [1.82, 2.24) is 10.6 Å². The van der Waals surface area contributed by atoms with E-state index in [2.05, 4.69) is 53.3 Å². The molecule has 2 N–H and O–H groups in total. The summed E-state index contributed by atoms with van der Waals surface area (Å²) in [6.07, 6.45) is 0. The predicted octanol–water partition coefficient (Wildman–Crippen LogP) is 4.63. The zero-order valence-corrected chi connectivity index (χ0v) is 18.6. The zero-order chi connectivity index (χ0) is 21.5. The van der Waals surface area contributed by atoms with Crippen LogP contribution in [0.15, 0.2) is 60.0 Å². The smallest absolute Gasteiger partial charge is 0.234 e. The molecule has 0 bridgehead atoms. The second-order valence-corrected chi connectivity index (χ2v) is 8.12. The van der Waals surface area contributed by atoms with Crippen molar-refractivity contribution in [3.8, 4) is 11.5 Å². The highest BCUT2D eigenvalue weighted by Crippen LogP contribution is 2.29. The average molecular weight is 425 g/mol. The van der Waals surface area contributed by atoms with Crippen LogP contribution in [0.2, 0.25) is 0 Å². The Labute approximate surface area is 182 Å². The van der Waals surface area contributed by atoms with Crippen LogP contribution in [0, 0.1) is 6.92 Å². The van der Waals surface area contributed by atoms with E-state index in [1.165, 1.54) is 10.4 Å². The minimum atomic E-state index is -0.219. The maximum absolute atomic E-state index is 12.7. The lowest BCUT2D eigenvalue weighted by atomic mass is 10.0. The van der Waals surface area contributed by atoms with Crippen molar-refractivity contribution in [2.45, 2.75) is 25.9 Å². The Morgan fingerprint density at radius 2 is 1.83 bits per heavy atom. The minimum Gasteiger partial charge on any atom is -0.497 e. The monoisotopic (exact) mass is 424 g/mol. The van der Waals surface area contributed by atoms with Crippen LogP contribution in [0.5, 0.6) is 11.5 Å². The number of hydrogen-bond donors (Lipinski definition) is 2. The number of nitrogens with one attached hydrogen (secondary N) is 2. The van der Waals surface area contributed by atoms with Gasteiger partial charge in [0.05, 0.1) is 32.8 Å². The lowest BCUT2D eigenvalue weighted by Crippen LogP contribution is -2.37. The Kier molecular flexibility index (Phi) is 7.49. The molecule has 2 atom stereocenters. The topological polar surface area (TPSA) is 59.6 Å². The van der Waals surface area contributed by atoms with Gasteiger partial charge in [-0.15, -0.1) is 11.3 Å². The highest BCUT2D eigenvalue weighted by molar-refractivity contribution is 7.10. The van der Waals surface area contributed by atoms with E-state index in [1.807, 2.05) is 31.2 Å². The van der Waals surface area contributed by atoms with Gasteiger partial charge in [0.1, 0.15) is 11.5 Å². The number of rotatable bonds is 9. The van der Waals surface area contributed by atoms with Gasteiger partial charge in [-0.05, 0) is 49.1 Å². The molecule has 2 aromatic carbocycles. The Balaban J connectivity index is 1.68. The van der Waals surface area contributed by atoms with Gasteiger partial charge in [0.25, 0.3) is 0 Å².